The predicted molar refractivity (Wildman–Crippen MR) is 130 cm³/mol. The maximum atomic E-state index is 14.1. The molecule has 0 radical (unpaired) electrons. The van der Waals surface area contributed by atoms with E-state index in [-0.39, 0.29) is 47.7 Å². The zero-order chi connectivity index (χ0) is 25.7. The Morgan fingerprint density at radius 3 is 2.70 bits per heavy atom. The Bertz CT molecular complexity index is 1520. The summed E-state index contributed by atoms with van der Waals surface area (Å²) in [7, 11) is 0. The van der Waals surface area contributed by atoms with E-state index in [4.69, 9.17) is 4.74 Å². The number of hydrogen-bond donors (Lipinski definition) is 1. The van der Waals surface area contributed by atoms with Crippen molar-refractivity contribution in [2.75, 3.05) is 6.54 Å². The van der Waals surface area contributed by atoms with E-state index in [0.717, 1.165) is 17.7 Å². The van der Waals surface area contributed by atoms with Gasteiger partial charge in [-0.05, 0) is 24.5 Å². The van der Waals surface area contributed by atoms with Crippen molar-refractivity contribution in [2.24, 2.45) is 0 Å². The summed E-state index contributed by atoms with van der Waals surface area (Å²) in [6.07, 6.45) is 6.74. The van der Waals surface area contributed by atoms with Gasteiger partial charge in [0.15, 0.2) is 11.4 Å². The summed E-state index contributed by atoms with van der Waals surface area (Å²) in [5.41, 5.74) is -0.355. The van der Waals surface area contributed by atoms with E-state index in [1.54, 1.807) is 9.47 Å². The molecule has 0 unspecified atom stereocenters. The van der Waals surface area contributed by atoms with Gasteiger partial charge in [0.1, 0.15) is 23.8 Å². The van der Waals surface area contributed by atoms with E-state index in [0.29, 0.717) is 19.4 Å². The molecule has 0 saturated heterocycles. The quantitative estimate of drug-likeness (QED) is 0.522. The van der Waals surface area contributed by atoms with Gasteiger partial charge < -0.3 is 19.5 Å². The molecule has 2 bridgehead atoms. The summed E-state index contributed by atoms with van der Waals surface area (Å²) in [6, 6.07) is 12.2. The number of nitrogens with one attached hydrogen (secondary N) is 1. The Morgan fingerprint density at radius 2 is 1.92 bits per heavy atom. The van der Waals surface area contributed by atoms with E-state index in [1.807, 2.05) is 42.5 Å². The summed E-state index contributed by atoms with van der Waals surface area (Å²) in [5.74, 6) is -2.75. The van der Waals surface area contributed by atoms with Crippen LogP contribution in [0.2, 0.25) is 0 Å². The number of nitrogens with zero attached hydrogens (tertiary/aromatic N) is 2. The molecule has 0 spiro atoms. The second kappa shape index (κ2) is 8.69. The van der Waals surface area contributed by atoms with Crippen molar-refractivity contribution < 1.29 is 23.1 Å². The van der Waals surface area contributed by atoms with Crippen LogP contribution in [0.3, 0.4) is 0 Å². The summed E-state index contributed by atoms with van der Waals surface area (Å²) >= 11 is 0. The molecule has 2 atom stereocenters. The first-order valence-electron chi connectivity index (χ1n) is 12.0. The van der Waals surface area contributed by atoms with E-state index in [9.17, 15) is 23.2 Å². The zero-order valence-corrected chi connectivity index (χ0v) is 19.7. The predicted octanol–water partition coefficient (Wildman–Crippen LogP) is 3.52. The average Bonchev–Trinajstić information content (AvgIpc) is 3.63. The number of hydrogen-bond acceptors (Lipinski definition) is 4. The first-order chi connectivity index (χ1) is 17.9. The third-order valence-corrected chi connectivity index (χ3v) is 7.36. The SMILES string of the molecule is O=C(NCc1ccc(F)cc1F)c1cn2c(c(OCc3ccccc3)c1=O)C(=O)N1CC=CC[C@]23C[C@H]13. The number of benzene rings is 2. The number of aromatic nitrogens is 1. The van der Waals surface area contributed by atoms with Crippen LogP contribution in [0.15, 0.2) is 71.7 Å². The molecule has 3 aliphatic rings. The Balaban J connectivity index is 1.40. The van der Waals surface area contributed by atoms with Crippen LogP contribution in [-0.2, 0) is 18.7 Å². The maximum Gasteiger partial charge on any atom is 0.275 e. The molecule has 1 aliphatic carbocycles. The fraction of sp³-hybridized carbons (Fsp3) is 0.250. The minimum atomic E-state index is -0.801. The van der Waals surface area contributed by atoms with Gasteiger partial charge in [-0.3, -0.25) is 14.4 Å². The second-order valence-electron chi connectivity index (χ2n) is 9.57. The molecule has 1 saturated carbocycles. The number of fused-ring (bicyclic) bond motifs is 1. The Morgan fingerprint density at radius 1 is 1.11 bits per heavy atom. The zero-order valence-electron chi connectivity index (χ0n) is 19.7. The van der Waals surface area contributed by atoms with E-state index in [1.165, 1.54) is 12.3 Å². The maximum absolute atomic E-state index is 14.1. The van der Waals surface area contributed by atoms with Gasteiger partial charge >= 0.3 is 0 Å². The van der Waals surface area contributed by atoms with Crippen LogP contribution >= 0.6 is 0 Å². The van der Waals surface area contributed by atoms with Gasteiger partial charge in [-0.1, -0.05) is 48.6 Å². The van der Waals surface area contributed by atoms with Gasteiger partial charge in [-0.25, -0.2) is 8.78 Å². The lowest BCUT2D eigenvalue weighted by Crippen LogP contribution is -2.47. The summed E-state index contributed by atoms with van der Waals surface area (Å²) in [4.78, 5) is 42.1. The first-order valence-corrected chi connectivity index (χ1v) is 12.0. The number of pyridine rings is 1. The van der Waals surface area contributed by atoms with Crippen LogP contribution in [-0.4, -0.2) is 33.9 Å². The van der Waals surface area contributed by atoms with Crippen molar-refractivity contribution in [1.29, 1.82) is 0 Å². The van der Waals surface area contributed by atoms with Crippen molar-refractivity contribution in [1.82, 2.24) is 14.8 Å². The van der Waals surface area contributed by atoms with Crippen LogP contribution in [0.4, 0.5) is 8.78 Å². The largest absolute Gasteiger partial charge is 0.483 e. The van der Waals surface area contributed by atoms with Crippen LogP contribution in [0.25, 0.3) is 0 Å². The van der Waals surface area contributed by atoms with Gasteiger partial charge in [0.2, 0.25) is 5.43 Å². The Labute approximate surface area is 211 Å². The molecule has 7 nitrogen and oxygen atoms in total. The van der Waals surface area contributed by atoms with Crippen LogP contribution < -0.4 is 15.5 Å². The molecule has 2 amide bonds. The lowest BCUT2D eigenvalue weighted by Gasteiger charge is -2.34. The first kappa shape index (κ1) is 23.1. The number of carbonyl (C=O) groups excluding carboxylic acids is 2. The van der Waals surface area contributed by atoms with Crippen LogP contribution in [0, 0.1) is 11.6 Å². The summed E-state index contributed by atoms with van der Waals surface area (Å²) in [5, 5.41) is 2.55. The number of allylic oxidation sites excluding steroid dienone is 1. The lowest BCUT2D eigenvalue weighted by molar-refractivity contribution is 0.0677. The van der Waals surface area contributed by atoms with Crippen LogP contribution in [0.1, 0.15) is 44.8 Å². The van der Waals surface area contributed by atoms with E-state index < -0.39 is 28.5 Å². The standard InChI is InChI=1S/C28H23F2N3O4/c29-19-9-8-18(21(30)12-19)14-31-26(35)20-15-33-23(25(24(20)34)37-16-17-6-2-1-3-7-17)27(36)32-11-5-4-10-28(33)13-22(28)32/h1-9,12,15,22H,10-11,13-14,16H2,(H,31,35)/t22-,28+/m0/s1. The van der Waals surface area contributed by atoms with Crippen LogP contribution in [0.5, 0.6) is 5.75 Å². The molecule has 3 heterocycles. The van der Waals surface area contributed by atoms with Crippen molar-refractivity contribution >= 4 is 11.8 Å². The molecule has 188 valence electrons. The number of amides is 2. The molecule has 6 rings (SSSR count). The minimum Gasteiger partial charge on any atom is -0.483 e. The van der Waals surface area contributed by atoms with Crippen molar-refractivity contribution in [3.63, 3.8) is 0 Å². The summed E-state index contributed by atoms with van der Waals surface area (Å²) < 4.78 is 35.0. The fourth-order valence-electron chi connectivity index (χ4n) is 5.32. The van der Waals surface area contributed by atoms with Gasteiger partial charge in [0, 0.05) is 30.9 Å². The number of ether oxygens (including phenoxy) is 1. The highest BCUT2D eigenvalue weighted by molar-refractivity contribution is 6.00. The topological polar surface area (TPSA) is 80.6 Å². The molecule has 1 fully saturated rings. The van der Waals surface area contributed by atoms with E-state index >= 15 is 0 Å². The minimum absolute atomic E-state index is 0.0313. The highest BCUT2D eigenvalue weighted by Crippen LogP contribution is 2.55. The second-order valence-corrected chi connectivity index (χ2v) is 9.57. The molecular weight excluding hydrogens is 480 g/mol. The van der Waals surface area contributed by atoms with Crippen molar-refractivity contribution in [3.05, 3.63) is 111 Å². The van der Waals surface area contributed by atoms with Gasteiger partial charge in [0.05, 0.1) is 11.6 Å². The molecule has 2 aliphatic heterocycles. The molecule has 3 aromatic rings. The lowest BCUT2D eigenvalue weighted by atomic mass is 10.0. The molecular formula is C28H23F2N3O4. The molecule has 9 heteroatoms. The van der Waals surface area contributed by atoms with Gasteiger partial charge in [-0.15, -0.1) is 0 Å². The Hall–Kier alpha value is -4.27. The number of rotatable bonds is 6. The fourth-order valence-corrected chi connectivity index (χ4v) is 5.32. The van der Waals surface area contributed by atoms with Crippen molar-refractivity contribution in [3.8, 4) is 5.75 Å². The Kier molecular flexibility index (Phi) is 5.43. The smallest absolute Gasteiger partial charge is 0.275 e. The molecule has 2 aromatic carbocycles. The van der Waals surface area contributed by atoms with Gasteiger partial charge in [-0.2, -0.15) is 0 Å². The average molecular weight is 504 g/mol. The summed E-state index contributed by atoms with van der Waals surface area (Å²) in [6.45, 7) is 0.246. The third-order valence-electron chi connectivity index (χ3n) is 7.36. The number of halogens is 2. The normalized spacial score (nSPS) is 21.1. The van der Waals surface area contributed by atoms with Gasteiger partial charge in [0.25, 0.3) is 11.8 Å². The van der Waals surface area contributed by atoms with Crippen molar-refractivity contribution in [2.45, 2.75) is 37.6 Å². The third kappa shape index (κ3) is 3.82. The van der Waals surface area contributed by atoms with E-state index in [2.05, 4.69) is 5.32 Å². The molecule has 1 aromatic heterocycles. The molecule has 37 heavy (non-hydrogen) atoms. The number of carbonyl (C=O) groups is 2. The highest BCUT2D eigenvalue weighted by atomic mass is 19.1. The monoisotopic (exact) mass is 503 g/mol. The molecule has 1 N–H and O–H groups in total. The highest BCUT2D eigenvalue weighted by Gasteiger charge is 2.64.